The molecule has 0 saturated carbocycles. The van der Waals surface area contributed by atoms with Crippen molar-refractivity contribution in [3.8, 4) is 5.75 Å². The summed E-state index contributed by atoms with van der Waals surface area (Å²) in [7, 11) is -0.464. The van der Waals surface area contributed by atoms with E-state index in [1.54, 1.807) is 45.4 Å². The quantitative estimate of drug-likeness (QED) is 0.716. The van der Waals surface area contributed by atoms with Crippen LogP contribution in [0.1, 0.15) is 5.56 Å². The van der Waals surface area contributed by atoms with Gasteiger partial charge in [-0.15, -0.1) is 0 Å². The maximum absolute atomic E-state index is 12.5. The minimum Gasteiger partial charge on any atom is -0.497 e. The minimum atomic E-state index is -3.65. The molecule has 130 valence electrons. The molecule has 0 atom stereocenters. The first kappa shape index (κ1) is 18.1. The van der Waals surface area contributed by atoms with Crippen LogP contribution in [0.3, 0.4) is 0 Å². The molecular weight excluding hydrogens is 328 g/mol. The molecule has 0 bridgehead atoms. The predicted molar refractivity (Wildman–Crippen MR) is 95.3 cm³/mol. The van der Waals surface area contributed by atoms with E-state index >= 15 is 0 Å². The van der Waals surface area contributed by atoms with Crippen molar-refractivity contribution in [1.29, 1.82) is 0 Å². The van der Waals surface area contributed by atoms with Gasteiger partial charge in [-0.2, -0.15) is 0 Å². The molecule has 2 rings (SSSR count). The Kier molecular flexibility index (Phi) is 6.05. The summed E-state index contributed by atoms with van der Waals surface area (Å²) in [4.78, 5) is 0.227. The lowest BCUT2D eigenvalue weighted by molar-refractivity contribution is 0.211. The second-order valence-corrected chi connectivity index (χ2v) is 6.88. The lowest BCUT2D eigenvalue weighted by atomic mass is 10.2. The Bertz CT molecular complexity index is 774. The standard InChI is InChI=1S/C17H22N2O4S/c1-13-12-16(23-3)8-9-17(13)24(20,21)19-15-6-4-14(5-7-15)18-10-11-22-2/h4-9,12,18-19H,10-11H2,1-3H3. The molecule has 0 aliphatic carbocycles. The molecule has 0 heterocycles. The van der Waals surface area contributed by atoms with Crippen molar-refractivity contribution in [2.45, 2.75) is 11.8 Å². The summed E-state index contributed by atoms with van der Waals surface area (Å²) >= 11 is 0. The molecule has 0 unspecified atom stereocenters. The van der Waals surface area contributed by atoms with Crippen LogP contribution in [0.2, 0.25) is 0 Å². The molecular formula is C17H22N2O4S. The summed E-state index contributed by atoms with van der Waals surface area (Å²) in [5.41, 5.74) is 2.03. The van der Waals surface area contributed by atoms with Crippen LogP contribution in [0.15, 0.2) is 47.4 Å². The molecule has 0 aromatic heterocycles. The van der Waals surface area contributed by atoms with Gasteiger partial charge in [-0.05, 0) is 55.0 Å². The van der Waals surface area contributed by atoms with Crippen LogP contribution in [0, 0.1) is 6.92 Å². The molecule has 0 aliphatic heterocycles. The number of hydrogen-bond acceptors (Lipinski definition) is 5. The van der Waals surface area contributed by atoms with Gasteiger partial charge in [0.15, 0.2) is 0 Å². The number of hydrogen-bond donors (Lipinski definition) is 2. The van der Waals surface area contributed by atoms with Gasteiger partial charge in [-0.25, -0.2) is 8.42 Å². The highest BCUT2D eigenvalue weighted by molar-refractivity contribution is 7.92. The second kappa shape index (κ2) is 8.03. The number of nitrogens with one attached hydrogen (secondary N) is 2. The molecule has 0 fully saturated rings. The van der Waals surface area contributed by atoms with Crippen LogP contribution in [0.4, 0.5) is 11.4 Å². The molecule has 0 saturated heterocycles. The average molecular weight is 350 g/mol. The van der Waals surface area contributed by atoms with Gasteiger partial charge in [0, 0.05) is 25.0 Å². The van der Waals surface area contributed by atoms with Crippen molar-refractivity contribution in [2.24, 2.45) is 0 Å². The fourth-order valence-electron chi connectivity index (χ4n) is 2.21. The largest absolute Gasteiger partial charge is 0.497 e. The molecule has 0 spiro atoms. The molecule has 24 heavy (non-hydrogen) atoms. The average Bonchev–Trinajstić information content (AvgIpc) is 2.56. The van der Waals surface area contributed by atoms with Gasteiger partial charge in [-0.3, -0.25) is 4.72 Å². The number of rotatable bonds is 8. The SMILES string of the molecule is COCCNc1ccc(NS(=O)(=O)c2ccc(OC)cc2C)cc1. The highest BCUT2D eigenvalue weighted by Gasteiger charge is 2.17. The Morgan fingerprint density at radius 2 is 1.67 bits per heavy atom. The van der Waals surface area contributed by atoms with E-state index in [2.05, 4.69) is 10.0 Å². The maximum atomic E-state index is 12.5. The van der Waals surface area contributed by atoms with Gasteiger partial charge in [0.1, 0.15) is 5.75 Å². The highest BCUT2D eigenvalue weighted by atomic mass is 32.2. The number of ether oxygens (including phenoxy) is 2. The third-order valence-electron chi connectivity index (χ3n) is 3.44. The number of sulfonamides is 1. The van der Waals surface area contributed by atoms with Crippen LogP contribution in [0.5, 0.6) is 5.75 Å². The van der Waals surface area contributed by atoms with Crippen molar-refractivity contribution in [3.05, 3.63) is 48.0 Å². The maximum Gasteiger partial charge on any atom is 0.262 e. The normalized spacial score (nSPS) is 11.1. The van der Waals surface area contributed by atoms with Gasteiger partial charge >= 0.3 is 0 Å². The van der Waals surface area contributed by atoms with Crippen molar-refractivity contribution >= 4 is 21.4 Å². The van der Waals surface area contributed by atoms with E-state index in [-0.39, 0.29) is 4.90 Å². The zero-order valence-electron chi connectivity index (χ0n) is 14.0. The van der Waals surface area contributed by atoms with E-state index in [0.29, 0.717) is 30.2 Å². The third-order valence-corrected chi connectivity index (χ3v) is 4.99. The zero-order valence-corrected chi connectivity index (χ0v) is 14.8. The Hall–Kier alpha value is -2.25. The van der Waals surface area contributed by atoms with Crippen LogP contribution in [-0.2, 0) is 14.8 Å². The zero-order chi connectivity index (χ0) is 17.6. The number of anilines is 2. The predicted octanol–water partition coefficient (Wildman–Crippen LogP) is 2.86. The van der Waals surface area contributed by atoms with Crippen molar-refractivity contribution < 1.29 is 17.9 Å². The molecule has 0 aliphatic rings. The smallest absolute Gasteiger partial charge is 0.262 e. The van der Waals surface area contributed by atoms with Crippen molar-refractivity contribution in [2.75, 3.05) is 37.4 Å². The molecule has 0 radical (unpaired) electrons. The summed E-state index contributed by atoms with van der Waals surface area (Å²) in [5, 5.41) is 3.17. The van der Waals surface area contributed by atoms with E-state index in [1.807, 2.05) is 12.1 Å². The molecule has 0 amide bonds. The first-order chi connectivity index (χ1) is 11.5. The molecule has 7 heteroatoms. The lowest BCUT2D eigenvalue weighted by Crippen LogP contribution is -2.14. The summed E-state index contributed by atoms with van der Waals surface area (Å²) < 4.78 is 37.7. The third kappa shape index (κ3) is 4.62. The van der Waals surface area contributed by atoms with Gasteiger partial charge in [0.05, 0.1) is 18.6 Å². The van der Waals surface area contributed by atoms with Gasteiger partial charge < -0.3 is 14.8 Å². The van der Waals surface area contributed by atoms with E-state index in [1.165, 1.54) is 6.07 Å². The fourth-order valence-corrected chi connectivity index (χ4v) is 3.50. The Morgan fingerprint density at radius 3 is 2.25 bits per heavy atom. The Labute approximate surface area is 142 Å². The van der Waals surface area contributed by atoms with Gasteiger partial charge in [0.2, 0.25) is 0 Å². The lowest BCUT2D eigenvalue weighted by Gasteiger charge is -2.12. The number of benzene rings is 2. The van der Waals surface area contributed by atoms with Crippen LogP contribution in [-0.4, -0.2) is 35.8 Å². The fraction of sp³-hybridized carbons (Fsp3) is 0.294. The first-order valence-corrected chi connectivity index (χ1v) is 8.95. The number of aryl methyl sites for hydroxylation is 1. The van der Waals surface area contributed by atoms with E-state index < -0.39 is 10.0 Å². The van der Waals surface area contributed by atoms with Crippen molar-refractivity contribution in [3.63, 3.8) is 0 Å². The molecule has 2 aromatic carbocycles. The van der Waals surface area contributed by atoms with Crippen molar-refractivity contribution in [1.82, 2.24) is 0 Å². The van der Waals surface area contributed by atoms with Gasteiger partial charge in [-0.1, -0.05) is 0 Å². The molecule has 2 aromatic rings. The molecule has 6 nitrogen and oxygen atoms in total. The topological polar surface area (TPSA) is 76.7 Å². The summed E-state index contributed by atoms with van der Waals surface area (Å²) in [5.74, 6) is 0.623. The van der Waals surface area contributed by atoms with Gasteiger partial charge in [0.25, 0.3) is 10.0 Å². The Morgan fingerprint density at radius 1 is 1.00 bits per heavy atom. The van der Waals surface area contributed by atoms with E-state index in [9.17, 15) is 8.42 Å². The summed E-state index contributed by atoms with van der Waals surface area (Å²) in [6, 6.07) is 11.9. The highest BCUT2D eigenvalue weighted by Crippen LogP contribution is 2.24. The summed E-state index contributed by atoms with van der Waals surface area (Å²) in [6.45, 7) is 3.03. The minimum absolute atomic E-state index is 0.227. The van der Waals surface area contributed by atoms with E-state index in [0.717, 1.165) is 5.69 Å². The first-order valence-electron chi connectivity index (χ1n) is 7.46. The summed E-state index contributed by atoms with van der Waals surface area (Å²) in [6.07, 6.45) is 0. The Balaban J connectivity index is 2.11. The van der Waals surface area contributed by atoms with Crippen LogP contribution < -0.4 is 14.8 Å². The second-order valence-electron chi connectivity index (χ2n) is 5.23. The van der Waals surface area contributed by atoms with Crippen LogP contribution in [0.25, 0.3) is 0 Å². The number of methoxy groups -OCH3 is 2. The van der Waals surface area contributed by atoms with E-state index in [4.69, 9.17) is 9.47 Å². The monoisotopic (exact) mass is 350 g/mol. The van der Waals surface area contributed by atoms with Crippen LogP contribution >= 0.6 is 0 Å². The molecule has 2 N–H and O–H groups in total.